The zero-order valence-electron chi connectivity index (χ0n) is 19.6. The predicted molar refractivity (Wildman–Crippen MR) is 135 cm³/mol. The van der Waals surface area contributed by atoms with E-state index in [0.717, 1.165) is 17.3 Å². The number of nitrogens with one attached hydrogen (secondary N) is 2. The van der Waals surface area contributed by atoms with E-state index in [1.807, 2.05) is 59.5 Å². The molecule has 2 aliphatic heterocycles. The van der Waals surface area contributed by atoms with E-state index in [-0.39, 0.29) is 17.8 Å². The Hall–Kier alpha value is -4.64. The van der Waals surface area contributed by atoms with Gasteiger partial charge >= 0.3 is 6.01 Å². The normalized spacial score (nSPS) is 17.4. The van der Waals surface area contributed by atoms with Gasteiger partial charge in [0.1, 0.15) is 11.6 Å². The van der Waals surface area contributed by atoms with Crippen LogP contribution in [0.1, 0.15) is 11.1 Å². The first kappa shape index (κ1) is 22.8. The topological polar surface area (TPSA) is 118 Å². The molecule has 2 aromatic carbocycles. The van der Waals surface area contributed by atoms with E-state index in [1.165, 1.54) is 6.07 Å². The first-order valence-electron chi connectivity index (χ1n) is 11.8. The third-order valence-electron chi connectivity index (χ3n) is 6.05. The van der Waals surface area contributed by atoms with E-state index in [9.17, 15) is 9.18 Å². The van der Waals surface area contributed by atoms with Gasteiger partial charge in [-0.15, -0.1) is 5.10 Å². The SMILES string of the molecule is O=C1Nc2ccccc2C(c2ccccc2)=N[C@@H]1Nc1nnc(-c2cc(F)cnc2N2CCOCC2)o1. The number of ether oxygens (including phenoxy) is 1. The molecule has 0 saturated carbocycles. The van der Waals surface area contributed by atoms with E-state index in [0.29, 0.717) is 49.1 Å². The number of anilines is 3. The summed E-state index contributed by atoms with van der Waals surface area (Å²) in [6, 6.07) is 18.3. The highest BCUT2D eigenvalue weighted by Crippen LogP contribution is 2.31. The highest BCUT2D eigenvalue weighted by molar-refractivity contribution is 6.19. The Labute approximate surface area is 211 Å². The van der Waals surface area contributed by atoms with Crippen LogP contribution in [-0.4, -0.2) is 59.3 Å². The number of halogens is 1. The van der Waals surface area contributed by atoms with Gasteiger partial charge in [-0.3, -0.25) is 4.79 Å². The summed E-state index contributed by atoms with van der Waals surface area (Å²) in [5.41, 5.74) is 3.28. The lowest BCUT2D eigenvalue weighted by Crippen LogP contribution is -2.37. The van der Waals surface area contributed by atoms with Crippen molar-refractivity contribution in [2.24, 2.45) is 4.99 Å². The minimum atomic E-state index is -1.06. The van der Waals surface area contributed by atoms with Crippen LogP contribution < -0.4 is 15.5 Å². The molecule has 2 N–H and O–H groups in total. The quantitative estimate of drug-likeness (QED) is 0.429. The molecule has 10 nitrogen and oxygen atoms in total. The fraction of sp³-hybridized carbons (Fsp3) is 0.192. The van der Waals surface area contributed by atoms with Crippen molar-refractivity contribution in [2.75, 3.05) is 41.8 Å². The number of hydrogen-bond donors (Lipinski definition) is 2. The van der Waals surface area contributed by atoms with Crippen LogP contribution >= 0.6 is 0 Å². The van der Waals surface area contributed by atoms with Crippen molar-refractivity contribution in [3.05, 3.63) is 83.8 Å². The molecule has 4 heterocycles. The second kappa shape index (κ2) is 9.78. The van der Waals surface area contributed by atoms with Gasteiger partial charge < -0.3 is 24.7 Å². The first-order valence-corrected chi connectivity index (χ1v) is 11.8. The van der Waals surface area contributed by atoms with Crippen molar-refractivity contribution < 1.29 is 18.3 Å². The third-order valence-corrected chi connectivity index (χ3v) is 6.05. The Balaban J connectivity index is 1.33. The molecular weight excluding hydrogens is 477 g/mol. The molecule has 0 unspecified atom stereocenters. The van der Waals surface area contributed by atoms with Crippen LogP contribution in [0.3, 0.4) is 0 Å². The molecule has 1 amide bonds. The highest BCUT2D eigenvalue weighted by atomic mass is 19.1. The first-order chi connectivity index (χ1) is 18.2. The third kappa shape index (κ3) is 4.64. The molecule has 0 bridgehead atoms. The van der Waals surface area contributed by atoms with Gasteiger partial charge in [0.25, 0.3) is 11.8 Å². The number of rotatable bonds is 5. The van der Waals surface area contributed by atoms with Crippen molar-refractivity contribution in [3.8, 4) is 11.5 Å². The van der Waals surface area contributed by atoms with Gasteiger partial charge in [0.05, 0.1) is 36.4 Å². The summed E-state index contributed by atoms with van der Waals surface area (Å²) in [7, 11) is 0. The standard InChI is InChI=1S/C26H22FN7O3/c27-17-14-19(23(28-15-17)34-10-12-36-13-11-34)25-32-33-26(37-25)31-22-24(35)29-20-9-5-4-8-18(20)21(30-22)16-6-2-1-3-7-16/h1-9,14-15,22H,10-13H2,(H,29,35)(H,31,33)/t22-/m1/s1. The number of pyridine rings is 1. The predicted octanol–water partition coefficient (Wildman–Crippen LogP) is 3.34. The molecule has 37 heavy (non-hydrogen) atoms. The van der Waals surface area contributed by atoms with E-state index < -0.39 is 12.0 Å². The molecule has 1 atom stereocenters. The summed E-state index contributed by atoms with van der Waals surface area (Å²) in [6.07, 6.45) is 0.0947. The van der Waals surface area contributed by atoms with Crippen LogP contribution in [0.15, 0.2) is 76.3 Å². The van der Waals surface area contributed by atoms with Crippen LogP contribution in [0.4, 0.5) is 21.9 Å². The Morgan fingerprint density at radius 2 is 1.78 bits per heavy atom. The lowest BCUT2D eigenvalue weighted by Gasteiger charge is -2.28. The Kier molecular flexibility index (Phi) is 6.03. The van der Waals surface area contributed by atoms with E-state index >= 15 is 0 Å². The number of hydrogen-bond acceptors (Lipinski definition) is 9. The van der Waals surface area contributed by atoms with Crippen LogP contribution in [0.5, 0.6) is 0 Å². The van der Waals surface area contributed by atoms with Crippen molar-refractivity contribution >= 4 is 29.1 Å². The summed E-state index contributed by atoms with van der Waals surface area (Å²) < 4.78 is 25.4. The lowest BCUT2D eigenvalue weighted by atomic mass is 10.0. The smallest absolute Gasteiger partial charge is 0.317 e. The van der Waals surface area contributed by atoms with E-state index in [4.69, 9.17) is 14.1 Å². The van der Waals surface area contributed by atoms with Crippen molar-refractivity contribution in [1.29, 1.82) is 0 Å². The van der Waals surface area contributed by atoms with Gasteiger partial charge in [0.2, 0.25) is 6.17 Å². The summed E-state index contributed by atoms with van der Waals surface area (Å²) >= 11 is 0. The lowest BCUT2D eigenvalue weighted by molar-refractivity contribution is -0.116. The summed E-state index contributed by atoms with van der Waals surface area (Å²) in [5, 5.41) is 14.0. The van der Waals surface area contributed by atoms with Gasteiger partial charge in [0.15, 0.2) is 0 Å². The number of aromatic nitrogens is 3. The fourth-order valence-electron chi connectivity index (χ4n) is 4.30. The van der Waals surface area contributed by atoms with Gasteiger partial charge in [0, 0.05) is 24.2 Å². The molecule has 1 saturated heterocycles. The number of benzene rings is 2. The average molecular weight is 500 g/mol. The number of morpholine rings is 1. The Bertz CT molecular complexity index is 1470. The van der Waals surface area contributed by atoms with Crippen LogP contribution in [-0.2, 0) is 9.53 Å². The number of aliphatic imine (C=N–C) groups is 1. The molecule has 4 aromatic rings. The Morgan fingerprint density at radius 1 is 1.00 bits per heavy atom. The molecule has 6 rings (SSSR count). The molecular formula is C26H22FN7O3. The maximum Gasteiger partial charge on any atom is 0.317 e. The second-order valence-corrected chi connectivity index (χ2v) is 8.46. The summed E-state index contributed by atoms with van der Waals surface area (Å²) in [5.74, 6) is -0.329. The maximum absolute atomic E-state index is 14.1. The molecule has 11 heteroatoms. The van der Waals surface area contributed by atoms with Gasteiger partial charge in [-0.1, -0.05) is 53.6 Å². The molecule has 186 valence electrons. The van der Waals surface area contributed by atoms with Gasteiger partial charge in [-0.05, 0) is 12.1 Å². The van der Waals surface area contributed by atoms with Crippen LogP contribution in [0.25, 0.3) is 11.5 Å². The zero-order chi connectivity index (χ0) is 25.2. The summed E-state index contributed by atoms with van der Waals surface area (Å²) in [6.45, 7) is 2.28. The maximum atomic E-state index is 14.1. The van der Waals surface area contributed by atoms with Crippen molar-refractivity contribution in [3.63, 3.8) is 0 Å². The minimum absolute atomic E-state index is 0.0329. The number of nitrogens with zero attached hydrogens (tertiary/aromatic N) is 5. The second-order valence-electron chi connectivity index (χ2n) is 8.46. The minimum Gasteiger partial charge on any atom is -0.403 e. The highest BCUT2D eigenvalue weighted by Gasteiger charge is 2.28. The van der Waals surface area contributed by atoms with Crippen LogP contribution in [0, 0.1) is 5.82 Å². The number of fused-ring (bicyclic) bond motifs is 1. The molecule has 0 aliphatic carbocycles. The van der Waals surface area contributed by atoms with E-state index in [2.05, 4.69) is 25.8 Å². The van der Waals surface area contributed by atoms with Crippen molar-refractivity contribution in [2.45, 2.75) is 6.17 Å². The van der Waals surface area contributed by atoms with Gasteiger partial charge in [-0.2, -0.15) is 0 Å². The van der Waals surface area contributed by atoms with E-state index in [1.54, 1.807) is 0 Å². The summed E-state index contributed by atoms with van der Waals surface area (Å²) in [4.78, 5) is 24.0. The number of para-hydroxylation sites is 1. The van der Waals surface area contributed by atoms with Gasteiger partial charge in [-0.25, -0.2) is 14.4 Å². The number of carbonyl (C=O) groups excluding carboxylic acids is 1. The molecule has 0 spiro atoms. The monoisotopic (exact) mass is 499 g/mol. The van der Waals surface area contributed by atoms with Crippen LogP contribution in [0.2, 0.25) is 0 Å². The molecule has 2 aliphatic rings. The molecule has 1 fully saturated rings. The molecule has 0 radical (unpaired) electrons. The Morgan fingerprint density at radius 3 is 2.62 bits per heavy atom. The zero-order valence-corrected chi connectivity index (χ0v) is 19.6. The fourth-order valence-corrected chi connectivity index (χ4v) is 4.30. The average Bonchev–Trinajstić information content (AvgIpc) is 3.35. The largest absolute Gasteiger partial charge is 0.403 e. The number of benzodiazepines with no additional fused rings is 1. The molecule has 2 aromatic heterocycles. The van der Waals surface area contributed by atoms with Crippen molar-refractivity contribution in [1.82, 2.24) is 15.2 Å². The number of amides is 1. The number of carbonyl (C=O) groups is 1.